The molecule has 0 aliphatic carbocycles. The van der Waals surface area contributed by atoms with E-state index < -0.39 is 15.9 Å². The molecular formula is C20H26N2O6S. The summed E-state index contributed by atoms with van der Waals surface area (Å²) in [6.45, 7) is 4.34. The normalized spacial score (nSPS) is 11.4. The van der Waals surface area contributed by atoms with E-state index in [0.717, 1.165) is 0 Å². The topological polar surface area (TPSA) is 105 Å². The van der Waals surface area contributed by atoms with E-state index in [1.165, 1.54) is 22.5 Å². The van der Waals surface area contributed by atoms with Crippen molar-refractivity contribution in [2.24, 2.45) is 0 Å². The first-order valence-corrected chi connectivity index (χ1v) is 10.7. The van der Waals surface area contributed by atoms with Crippen LogP contribution in [0.2, 0.25) is 0 Å². The van der Waals surface area contributed by atoms with Gasteiger partial charge in [0.05, 0.1) is 17.2 Å². The van der Waals surface area contributed by atoms with Crippen LogP contribution in [0.3, 0.4) is 0 Å². The zero-order valence-corrected chi connectivity index (χ0v) is 17.3. The number of nitrogens with one attached hydrogen (secondary N) is 1. The van der Waals surface area contributed by atoms with Crippen molar-refractivity contribution >= 4 is 21.6 Å². The molecule has 8 nitrogen and oxygen atoms in total. The van der Waals surface area contributed by atoms with E-state index in [1.54, 1.807) is 13.8 Å². The molecule has 0 heterocycles. The quantitative estimate of drug-likeness (QED) is 0.426. The lowest BCUT2D eigenvalue weighted by Crippen LogP contribution is -2.30. The smallest absolute Gasteiger partial charge is 0.250 e. The standard InChI is InChI=1S/C20H26N2O6S/c1-3-22(4-2)29(25,26)17-10-11-19(23)18(14-17)21-20(24)15-27-12-13-28-16-8-6-5-7-9-16/h5-11,14,23H,3-4,12-13,15H2,1-2H3,(H,21,24). The molecule has 0 aliphatic heterocycles. The second-order valence-corrected chi connectivity index (χ2v) is 7.97. The summed E-state index contributed by atoms with van der Waals surface area (Å²) in [5.74, 6) is -0.0432. The summed E-state index contributed by atoms with van der Waals surface area (Å²) in [7, 11) is -3.70. The Hall–Kier alpha value is -2.62. The Morgan fingerprint density at radius 1 is 1.07 bits per heavy atom. The van der Waals surface area contributed by atoms with Crippen molar-refractivity contribution in [3.63, 3.8) is 0 Å². The first-order valence-electron chi connectivity index (χ1n) is 9.27. The Kier molecular flexibility index (Phi) is 8.44. The Morgan fingerprint density at radius 3 is 2.41 bits per heavy atom. The van der Waals surface area contributed by atoms with Crippen molar-refractivity contribution in [3.05, 3.63) is 48.5 Å². The number of hydrogen-bond acceptors (Lipinski definition) is 6. The molecule has 2 aromatic rings. The Bertz CT molecular complexity index is 898. The van der Waals surface area contributed by atoms with Gasteiger partial charge in [0.1, 0.15) is 24.7 Å². The number of phenols is 1. The number of ether oxygens (including phenoxy) is 2. The third-order valence-electron chi connectivity index (χ3n) is 4.06. The molecule has 0 aromatic heterocycles. The van der Waals surface area contributed by atoms with Crippen LogP contribution in [-0.2, 0) is 19.6 Å². The number of para-hydroxylation sites is 1. The number of aromatic hydroxyl groups is 1. The van der Waals surface area contributed by atoms with Gasteiger partial charge in [-0.05, 0) is 30.3 Å². The maximum Gasteiger partial charge on any atom is 0.250 e. The highest BCUT2D eigenvalue weighted by molar-refractivity contribution is 7.89. The minimum absolute atomic E-state index is 0.00682. The molecule has 29 heavy (non-hydrogen) atoms. The lowest BCUT2D eigenvalue weighted by atomic mass is 10.3. The number of carbonyl (C=O) groups excluding carboxylic acids is 1. The highest BCUT2D eigenvalue weighted by atomic mass is 32.2. The molecular weight excluding hydrogens is 396 g/mol. The first-order chi connectivity index (χ1) is 13.9. The number of phenolic OH excluding ortho intramolecular Hbond substituents is 1. The van der Waals surface area contributed by atoms with Gasteiger partial charge in [-0.2, -0.15) is 4.31 Å². The van der Waals surface area contributed by atoms with Crippen molar-refractivity contribution in [2.75, 3.05) is 38.2 Å². The van der Waals surface area contributed by atoms with Crippen LogP contribution in [0.25, 0.3) is 0 Å². The fraction of sp³-hybridized carbons (Fsp3) is 0.350. The SMILES string of the molecule is CCN(CC)S(=O)(=O)c1ccc(O)c(NC(=O)COCCOc2ccccc2)c1. The molecule has 0 saturated carbocycles. The van der Waals surface area contributed by atoms with Gasteiger partial charge in [0.2, 0.25) is 15.9 Å². The number of anilines is 1. The minimum Gasteiger partial charge on any atom is -0.506 e. The molecule has 158 valence electrons. The molecule has 0 radical (unpaired) electrons. The monoisotopic (exact) mass is 422 g/mol. The van der Waals surface area contributed by atoms with Gasteiger partial charge in [-0.3, -0.25) is 4.79 Å². The van der Waals surface area contributed by atoms with Gasteiger partial charge < -0.3 is 19.9 Å². The number of carbonyl (C=O) groups is 1. The molecule has 0 saturated heterocycles. The van der Waals surface area contributed by atoms with E-state index in [2.05, 4.69) is 5.32 Å². The summed E-state index contributed by atoms with van der Waals surface area (Å²) < 4.78 is 37.2. The molecule has 1 amide bonds. The number of hydrogen-bond donors (Lipinski definition) is 2. The average molecular weight is 423 g/mol. The highest BCUT2D eigenvalue weighted by Gasteiger charge is 2.23. The van der Waals surface area contributed by atoms with Gasteiger partial charge in [0.25, 0.3) is 0 Å². The summed E-state index contributed by atoms with van der Waals surface area (Å²) >= 11 is 0. The Balaban J connectivity index is 1.89. The van der Waals surface area contributed by atoms with Crippen LogP contribution in [0.1, 0.15) is 13.8 Å². The summed E-state index contributed by atoms with van der Waals surface area (Å²) in [6, 6.07) is 13.0. The maximum atomic E-state index is 12.6. The molecule has 0 bridgehead atoms. The van der Waals surface area contributed by atoms with E-state index in [4.69, 9.17) is 9.47 Å². The minimum atomic E-state index is -3.70. The zero-order valence-electron chi connectivity index (χ0n) is 16.5. The van der Waals surface area contributed by atoms with E-state index in [0.29, 0.717) is 18.8 Å². The fourth-order valence-electron chi connectivity index (χ4n) is 2.57. The van der Waals surface area contributed by atoms with Crippen LogP contribution in [-0.4, -0.2) is 56.6 Å². The summed E-state index contributed by atoms with van der Waals surface area (Å²) in [5.41, 5.74) is 0.00682. The molecule has 9 heteroatoms. The van der Waals surface area contributed by atoms with Crippen LogP contribution >= 0.6 is 0 Å². The molecule has 2 N–H and O–H groups in total. The van der Waals surface area contributed by atoms with Crippen LogP contribution < -0.4 is 10.1 Å². The molecule has 2 rings (SSSR count). The van der Waals surface area contributed by atoms with E-state index >= 15 is 0 Å². The van der Waals surface area contributed by atoms with Gasteiger partial charge >= 0.3 is 0 Å². The van der Waals surface area contributed by atoms with Crippen LogP contribution in [0.15, 0.2) is 53.4 Å². The third-order valence-corrected chi connectivity index (χ3v) is 6.10. The van der Waals surface area contributed by atoms with Gasteiger partial charge in [-0.25, -0.2) is 8.42 Å². The second-order valence-electron chi connectivity index (χ2n) is 6.03. The van der Waals surface area contributed by atoms with Gasteiger partial charge in [-0.15, -0.1) is 0 Å². The number of benzene rings is 2. The summed E-state index contributed by atoms with van der Waals surface area (Å²) in [4.78, 5) is 12.0. The Morgan fingerprint density at radius 2 is 1.76 bits per heavy atom. The highest BCUT2D eigenvalue weighted by Crippen LogP contribution is 2.28. The van der Waals surface area contributed by atoms with Gasteiger partial charge in [-0.1, -0.05) is 32.0 Å². The molecule has 0 fully saturated rings. The number of nitrogens with zero attached hydrogens (tertiary/aromatic N) is 1. The first kappa shape index (κ1) is 22.7. The van der Waals surface area contributed by atoms with Crippen LogP contribution in [0.5, 0.6) is 11.5 Å². The van der Waals surface area contributed by atoms with Gasteiger partial charge in [0.15, 0.2) is 0 Å². The Labute approximate surface area is 171 Å². The van der Waals surface area contributed by atoms with E-state index in [-0.39, 0.29) is 36.2 Å². The lowest BCUT2D eigenvalue weighted by Gasteiger charge is -2.19. The van der Waals surface area contributed by atoms with Crippen LogP contribution in [0.4, 0.5) is 5.69 Å². The fourth-order valence-corrected chi connectivity index (χ4v) is 4.06. The number of rotatable bonds is 11. The van der Waals surface area contributed by atoms with Crippen molar-refractivity contribution < 1.29 is 27.8 Å². The predicted octanol–water partition coefficient (Wildman–Crippen LogP) is 2.46. The zero-order chi connectivity index (χ0) is 21.3. The third kappa shape index (κ3) is 6.45. The van der Waals surface area contributed by atoms with Gasteiger partial charge in [0, 0.05) is 13.1 Å². The van der Waals surface area contributed by atoms with Crippen molar-refractivity contribution in [3.8, 4) is 11.5 Å². The van der Waals surface area contributed by atoms with Crippen molar-refractivity contribution in [1.29, 1.82) is 0 Å². The molecule has 0 atom stereocenters. The lowest BCUT2D eigenvalue weighted by molar-refractivity contribution is -0.120. The number of amides is 1. The summed E-state index contributed by atoms with van der Waals surface area (Å²) in [6.07, 6.45) is 0. The molecule has 0 aliphatic rings. The number of sulfonamides is 1. The predicted molar refractivity (Wildman–Crippen MR) is 110 cm³/mol. The average Bonchev–Trinajstić information content (AvgIpc) is 2.70. The second kappa shape index (κ2) is 10.8. The van der Waals surface area contributed by atoms with Crippen molar-refractivity contribution in [2.45, 2.75) is 18.7 Å². The summed E-state index contributed by atoms with van der Waals surface area (Å²) in [5, 5.41) is 12.4. The molecule has 2 aromatic carbocycles. The van der Waals surface area contributed by atoms with Crippen molar-refractivity contribution in [1.82, 2.24) is 4.31 Å². The molecule has 0 unspecified atom stereocenters. The largest absolute Gasteiger partial charge is 0.506 e. The van der Waals surface area contributed by atoms with E-state index in [1.807, 2.05) is 30.3 Å². The van der Waals surface area contributed by atoms with E-state index in [9.17, 15) is 18.3 Å². The maximum absolute atomic E-state index is 12.6. The molecule has 0 spiro atoms. The van der Waals surface area contributed by atoms with Crippen LogP contribution in [0, 0.1) is 0 Å².